The van der Waals surface area contributed by atoms with Crippen molar-refractivity contribution < 1.29 is 19.1 Å². The van der Waals surface area contributed by atoms with Crippen LogP contribution in [0.5, 0.6) is 0 Å². The van der Waals surface area contributed by atoms with E-state index < -0.39 is 0 Å². The Kier molecular flexibility index (Phi) is 5.71. The lowest BCUT2D eigenvalue weighted by Gasteiger charge is -2.06. The smallest absolute Gasteiger partial charge is 0.338 e. The number of carbonyl (C=O) groups excluding carboxylic acids is 2. The van der Waals surface area contributed by atoms with E-state index in [-0.39, 0.29) is 18.4 Å². The Bertz CT molecular complexity index is 443. The first-order chi connectivity index (χ1) is 8.56. The first-order valence-electron chi connectivity index (χ1n) is 5.63. The molecule has 0 aliphatic rings. The van der Waals surface area contributed by atoms with Crippen molar-refractivity contribution in [1.82, 2.24) is 0 Å². The Morgan fingerprint density at radius 3 is 2.61 bits per heavy atom. The number of hydrogen-bond donors (Lipinski definition) is 1. The minimum Gasteiger partial charge on any atom is -0.469 e. The quantitative estimate of drug-likeness (QED) is 0.657. The molecule has 1 rings (SSSR count). The lowest BCUT2D eigenvalue weighted by atomic mass is 10.1. The van der Waals surface area contributed by atoms with Gasteiger partial charge in [0.05, 0.1) is 19.3 Å². The summed E-state index contributed by atoms with van der Waals surface area (Å²) in [5.41, 5.74) is 1.31. The Labute approximate surface area is 112 Å². The van der Waals surface area contributed by atoms with Gasteiger partial charge in [0.1, 0.15) is 0 Å². The molecular formula is C13H16O4S. The standard InChI is InChI=1S/C13H16O4S/c1-3-17-13(15)10-6-9(7-11(18)8-10)4-5-12(14)16-2/h6-8,18H,3-5H2,1-2H3. The van der Waals surface area contributed by atoms with E-state index in [4.69, 9.17) is 4.74 Å². The van der Waals surface area contributed by atoms with Crippen LogP contribution in [0.15, 0.2) is 23.1 Å². The SMILES string of the molecule is CCOC(=O)c1cc(S)cc(CCC(=O)OC)c1. The van der Waals surface area contributed by atoms with E-state index in [0.717, 1.165) is 5.56 Å². The summed E-state index contributed by atoms with van der Waals surface area (Å²) in [4.78, 5) is 23.3. The van der Waals surface area contributed by atoms with Gasteiger partial charge in [-0.05, 0) is 37.1 Å². The third-order valence-electron chi connectivity index (χ3n) is 2.33. The molecule has 0 aliphatic heterocycles. The Morgan fingerprint density at radius 1 is 1.28 bits per heavy atom. The summed E-state index contributed by atoms with van der Waals surface area (Å²) in [6.07, 6.45) is 0.781. The van der Waals surface area contributed by atoms with Crippen molar-refractivity contribution in [3.63, 3.8) is 0 Å². The van der Waals surface area contributed by atoms with Crippen LogP contribution in [0.1, 0.15) is 29.3 Å². The van der Waals surface area contributed by atoms with Gasteiger partial charge in [-0.15, -0.1) is 12.6 Å². The van der Waals surface area contributed by atoms with Crippen LogP contribution in [0, 0.1) is 0 Å². The minimum absolute atomic E-state index is 0.274. The number of aryl methyl sites for hydroxylation is 1. The van der Waals surface area contributed by atoms with Crippen LogP contribution in [0.25, 0.3) is 0 Å². The molecule has 0 atom stereocenters. The Balaban J connectivity index is 2.80. The third-order valence-corrected chi connectivity index (χ3v) is 2.59. The van der Waals surface area contributed by atoms with Crippen molar-refractivity contribution in [3.8, 4) is 0 Å². The van der Waals surface area contributed by atoms with E-state index in [0.29, 0.717) is 23.5 Å². The van der Waals surface area contributed by atoms with E-state index in [9.17, 15) is 9.59 Å². The van der Waals surface area contributed by atoms with Gasteiger partial charge in [-0.2, -0.15) is 0 Å². The van der Waals surface area contributed by atoms with Crippen LogP contribution in [0.4, 0.5) is 0 Å². The van der Waals surface area contributed by atoms with Gasteiger partial charge in [0.25, 0.3) is 0 Å². The fourth-order valence-electron chi connectivity index (χ4n) is 1.50. The molecule has 18 heavy (non-hydrogen) atoms. The minimum atomic E-state index is -0.382. The third kappa shape index (κ3) is 4.41. The molecule has 0 N–H and O–H groups in total. The number of benzene rings is 1. The molecule has 98 valence electrons. The van der Waals surface area contributed by atoms with Crippen molar-refractivity contribution in [2.75, 3.05) is 13.7 Å². The number of thiol groups is 1. The highest BCUT2D eigenvalue weighted by Crippen LogP contribution is 2.16. The fraction of sp³-hybridized carbons (Fsp3) is 0.385. The van der Waals surface area contributed by atoms with E-state index in [1.54, 1.807) is 19.1 Å². The summed E-state index contributed by atoms with van der Waals surface area (Å²) in [6.45, 7) is 2.08. The molecule has 4 nitrogen and oxygen atoms in total. The lowest BCUT2D eigenvalue weighted by Crippen LogP contribution is -2.06. The van der Waals surface area contributed by atoms with Gasteiger partial charge in [0.2, 0.25) is 0 Å². The molecule has 0 saturated carbocycles. The maximum Gasteiger partial charge on any atom is 0.338 e. The molecule has 0 heterocycles. The highest BCUT2D eigenvalue weighted by Gasteiger charge is 2.09. The molecule has 0 bridgehead atoms. The Morgan fingerprint density at radius 2 is 2.00 bits per heavy atom. The maximum atomic E-state index is 11.6. The van der Waals surface area contributed by atoms with Crippen LogP contribution >= 0.6 is 12.6 Å². The summed E-state index contributed by atoms with van der Waals surface area (Å²) in [5, 5.41) is 0. The van der Waals surface area contributed by atoms with Crippen LogP contribution in [0.2, 0.25) is 0 Å². The maximum absolute atomic E-state index is 11.6. The fourth-order valence-corrected chi connectivity index (χ4v) is 1.80. The van der Waals surface area contributed by atoms with Crippen molar-refractivity contribution >= 4 is 24.6 Å². The first kappa shape index (κ1) is 14.6. The van der Waals surface area contributed by atoms with Crippen LogP contribution in [-0.2, 0) is 20.7 Å². The van der Waals surface area contributed by atoms with Gasteiger partial charge < -0.3 is 9.47 Å². The molecule has 5 heteroatoms. The zero-order chi connectivity index (χ0) is 13.5. The predicted octanol–water partition coefficient (Wildman–Crippen LogP) is 2.26. The van der Waals surface area contributed by atoms with Crippen LogP contribution in [0.3, 0.4) is 0 Å². The predicted molar refractivity (Wildman–Crippen MR) is 70.0 cm³/mol. The highest BCUT2D eigenvalue weighted by molar-refractivity contribution is 7.80. The summed E-state index contributed by atoms with van der Waals surface area (Å²) < 4.78 is 9.49. The number of methoxy groups -OCH3 is 1. The number of esters is 2. The number of hydrogen-bond acceptors (Lipinski definition) is 5. The van der Waals surface area contributed by atoms with Gasteiger partial charge in [-0.1, -0.05) is 0 Å². The topological polar surface area (TPSA) is 52.6 Å². The number of ether oxygens (including phenoxy) is 2. The zero-order valence-electron chi connectivity index (χ0n) is 10.4. The van der Waals surface area contributed by atoms with Crippen molar-refractivity contribution in [1.29, 1.82) is 0 Å². The highest BCUT2D eigenvalue weighted by atomic mass is 32.1. The molecule has 1 aromatic carbocycles. The van der Waals surface area contributed by atoms with Crippen LogP contribution in [-0.4, -0.2) is 25.7 Å². The molecule has 0 saturated heterocycles. The second-order valence-electron chi connectivity index (χ2n) is 3.68. The molecule has 0 aromatic heterocycles. The molecule has 0 aliphatic carbocycles. The monoisotopic (exact) mass is 268 g/mol. The molecule has 0 amide bonds. The average molecular weight is 268 g/mol. The van der Waals surface area contributed by atoms with Crippen LogP contribution < -0.4 is 0 Å². The molecule has 0 unspecified atom stereocenters. The van der Waals surface area contributed by atoms with Gasteiger partial charge in [0, 0.05) is 11.3 Å². The summed E-state index contributed by atoms with van der Waals surface area (Å²) in [5.74, 6) is -0.662. The van der Waals surface area contributed by atoms with Gasteiger partial charge in [-0.25, -0.2) is 4.79 Å². The lowest BCUT2D eigenvalue weighted by molar-refractivity contribution is -0.140. The molecular weight excluding hydrogens is 252 g/mol. The van der Waals surface area contributed by atoms with Gasteiger partial charge >= 0.3 is 11.9 Å². The second-order valence-corrected chi connectivity index (χ2v) is 4.20. The van der Waals surface area contributed by atoms with E-state index >= 15 is 0 Å². The van der Waals surface area contributed by atoms with E-state index in [1.807, 2.05) is 6.07 Å². The van der Waals surface area contributed by atoms with E-state index in [1.165, 1.54) is 7.11 Å². The zero-order valence-corrected chi connectivity index (χ0v) is 11.3. The molecule has 0 radical (unpaired) electrons. The number of rotatable bonds is 5. The van der Waals surface area contributed by atoms with Crippen molar-refractivity contribution in [3.05, 3.63) is 29.3 Å². The van der Waals surface area contributed by atoms with Crippen molar-refractivity contribution in [2.45, 2.75) is 24.7 Å². The second kappa shape index (κ2) is 7.06. The van der Waals surface area contributed by atoms with Crippen molar-refractivity contribution in [2.24, 2.45) is 0 Å². The Hall–Kier alpha value is -1.49. The van der Waals surface area contributed by atoms with Gasteiger partial charge in [-0.3, -0.25) is 4.79 Å². The summed E-state index contributed by atoms with van der Waals surface area (Å²) in [7, 11) is 1.35. The molecule has 0 fully saturated rings. The summed E-state index contributed by atoms with van der Waals surface area (Å²) in [6, 6.07) is 5.16. The van der Waals surface area contributed by atoms with E-state index in [2.05, 4.69) is 17.4 Å². The summed E-state index contributed by atoms with van der Waals surface area (Å²) >= 11 is 4.23. The van der Waals surface area contributed by atoms with Gasteiger partial charge in [0.15, 0.2) is 0 Å². The number of carbonyl (C=O) groups is 2. The normalized spacial score (nSPS) is 9.94. The molecule has 1 aromatic rings. The first-order valence-corrected chi connectivity index (χ1v) is 6.08. The molecule has 0 spiro atoms. The average Bonchev–Trinajstić information content (AvgIpc) is 2.35. The largest absolute Gasteiger partial charge is 0.469 e.